The lowest BCUT2D eigenvalue weighted by molar-refractivity contribution is -0.152. The highest BCUT2D eigenvalue weighted by Gasteiger charge is 2.19. The van der Waals surface area contributed by atoms with Crippen LogP contribution in [0.3, 0.4) is 0 Å². The molecule has 0 bridgehead atoms. The summed E-state index contributed by atoms with van der Waals surface area (Å²) in [5.74, 6) is -4.21. The zero-order valence-corrected chi connectivity index (χ0v) is 14.0. The minimum atomic E-state index is -1.18. The van der Waals surface area contributed by atoms with E-state index < -0.39 is 35.4 Å². The van der Waals surface area contributed by atoms with Gasteiger partial charge in [-0.2, -0.15) is 0 Å². The minimum absolute atomic E-state index is 0.0222. The molecule has 0 radical (unpaired) electrons. The fourth-order valence-electron chi connectivity index (χ4n) is 2.10. The van der Waals surface area contributed by atoms with Crippen LogP contribution in [-0.4, -0.2) is 25.1 Å². The molecule has 2 aromatic rings. The molecule has 0 unspecified atom stereocenters. The van der Waals surface area contributed by atoms with Crippen molar-refractivity contribution in [2.45, 2.75) is 19.4 Å². The first kappa shape index (κ1) is 19.3. The number of hydrogen-bond donors (Lipinski definition) is 1. The molecule has 0 aliphatic carbocycles. The van der Waals surface area contributed by atoms with Crippen LogP contribution in [0.2, 0.25) is 0 Å². The van der Waals surface area contributed by atoms with Gasteiger partial charge in [0.15, 0.2) is 29.3 Å². The summed E-state index contributed by atoms with van der Waals surface area (Å²) < 4.78 is 49.3. The van der Waals surface area contributed by atoms with Crippen molar-refractivity contribution < 1.29 is 32.2 Å². The average Bonchev–Trinajstić information content (AvgIpc) is 2.58. The van der Waals surface area contributed by atoms with E-state index in [-0.39, 0.29) is 17.9 Å². The Bertz CT molecular complexity index is 826. The second-order valence-corrected chi connectivity index (χ2v) is 5.40. The number of anilines is 1. The molecule has 1 amide bonds. The van der Waals surface area contributed by atoms with Crippen molar-refractivity contribution in [2.75, 3.05) is 12.4 Å². The van der Waals surface area contributed by atoms with Gasteiger partial charge in [0.2, 0.25) is 0 Å². The topological polar surface area (TPSA) is 64.6 Å². The van der Waals surface area contributed by atoms with Crippen molar-refractivity contribution in [1.29, 1.82) is 0 Å². The first-order valence-corrected chi connectivity index (χ1v) is 7.58. The van der Waals surface area contributed by atoms with Crippen molar-refractivity contribution in [1.82, 2.24) is 0 Å². The van der Waals surface area contributed by atoms with E-state index in [1.165, 1.54) is 32.2 Å². The number of benzene rings is 2. The van der Waals surface area contributed by atoms with Gasteiger partial charge in [-0.05, 0) is 36.8 Å². The van der Waals surface area contributed by atoms with Crippen LogP contribution in [0, 0.1) is 17.5 Å². The minimum Gasteiger partial charge on any atom is -0.494 e. The lowest BCUT2D eigenvalue weighted by atomic mass is 10.1. The van der Waals surface area contributed by atoms with Gasteiger partial charge in [-0.1, -0.05) is 6.07 Å². The molecule has 0 aliphatic rings. The third kappa shape index (κ3) is 4.98. The van der Waals surface area contributed by atoms with Gasteiger partial charge in [0.05, 0.1) is 13.5 Å². The molecule has 0 fully saturated rings. The molecule has 0 saturated heterocycles. The molecule has 2 rings (SSSR count). The van der Waals surface area contributed by atoms with Gasteiger partial charge in [0.25, 0.3) is 5.91 Å². The molecule has 1 N–H and O–H groups in total. The van der Waals surface area contributed by atoms with Gasteiger partial charge in [0.1, 0.15) is 0 Å². The summed E-state index contributed by atoms with van der Waals surface area (Å²) in [6, 6.07) is 6.84. The third-order valence-corrected chi connectivity index (χ3v) is 3.43. The van der Waals surface area contributed by atoms with Gasteiger partial charge >= 0.3 is 5.97 Å². The molecule has 0 aromatic heterocycles. The van der Waals surface area contributed by atoms with Crippen LogP contribution in [-0.2, 0) is 20.7 Å². The monoisotopic (exact) mass is 367 g/mol. The van der Waals surface area contributed by atoms with Gasteiger partial charge in [0, 0.05) is 11.8 Å². The molecule has 0 aliphatic heterocycles. The van der Waals surface area contributed by atoms with E-state index in [9.17, 15) is 22.8 Å². The molecule has 5 nitrogen and oxygen atoms in total. The molecule has 26 heavy (non-hydrogen) atoms. The Morgan fingerprint density at radius 1 is 1.04 bits per heavy atom. The predicted octanol–water partition coefficient (Wildman–Crippen LogP) is 3.23. The average molecular weight is 367 g/mol. The van der Waals surface area contributed by atoms with Crippen molar-refractivity contribution in [3.05, 3.63) is 59.4 Å². The Kier molecular flexibility index (Phi) is 6.21. The maximum Gasteiger partial charge on any atom is 0.311 e. The molecule has 0 heterocycles. The number of esters is 1. The van der Waals surface area contributed by atoms with Crippen LogP contribution < -0.4 is 10.1 Å². The summed E-state index contributed by atoms with van der Waals surface area (Å²) in [4.78, 5) is 23.8. The number of ether oxygens (including phenoxy) is 2. The highest BCUT2D eigenvalue weighted by molar-refractivity contribution is 5.95. The van der Waals surface area contributed by atoms with Crippen molar-refractivity contribution in [2.24, 2.45) is 0 Å². The molecule has 2 aromatic carbocycles. The summed E-state index contributed by atoms with van der Waals surface area (Å²) in [5, 5.41) is 2.30. The van der Waals surface area contributed by atoms with E-state index in [2.05, 4.69) is 5.32 Å². The summed E-state index contributed by atoms with van der Waals surface area (Å²) in [5.41, 5.74) is 0.371. The van der Waals surface area contributed by atoms with Crippen molar-refractivity contribution in [3.63, 3.8) is 0 Å². The van der Waals surface area contributed by atoms with Crippen LogP contribution >= 0.6 is 0 Å². The number of carbonyl (C=O) groups is 2. The maximum absolute atomic E-state index is 13.6. The van der Waals surface area contributed by atoms with E-state index in [0.29, 0.717) is 5.56 Å². The zero-order chi connectivity index (χ0) is 19.3. The lowest BCUT2D eigenvalue weighted by Gasteiger charge is -2.14. The molecule has 138 valence electrons. The number of halogens is 3. The van der Waals surface area contributed by atoms with Crippen molar-refractivity contribution in [3.8, 4) is 5.75 Å². The fraction of sp³-hybridized carbons (Fsp3) is 0.222. The van der Waals surface area contributed by atoms with Gasteiger partial charge < -0.3 is 14.8 Å². The quantitative estimate of drug-likeness (QED) is 0.797. The summed E-state index contributed by atoms with van der Waals surface area (Å²) in [7, 11) is 1.32. The molecular weight excluding hydrogens is 351 g/mol. The summed E-state index contributed by atoms with van der Waals surface area (Å²) >= 11 is 0. The number of amides is 1. The SMILES string of the molecule is COc1ccc(CC(=O)O[C@H](C)C(=O)Nc2ccc(F)c(F)c2)cc1F. The number of hydrogen-bond acceptors (Lipinski definition) is 4. The lowest BCUT2D eigenvalue weighted by Crippen LogP contribution is -2.30. The summed E-state index contributed by atoms with van der Waals surface area (Å²) in [6.07, 6.45) is -1.43. The van der Waals surface area contributed by atoms with Gasteiger partial charge in [-0.15, -0.1) is 0 Å². The van der Waals surface area contributed by atoms with Gasteiger partial charge in [-0.25, -0.2) is 13.2 Å². The molecule has 1 atom stereocenters. The highest BCUT2D eigenvalue weighted by Crippen LogP contribution is 2.18. The highest BCUT2D eigenvalue weighted by atomic mass is 19.2. The van der Waals surface area contributed by atoms with E-state index in [1.54, 1.807) is 0 Å². The second kappa shape index (κ2) is 8.37. The molecule has 8 heteroatoms. The van der Waals surface area contributed by atoms with Crippen LogP contribution in [0.4, 0.5) is 18.9 Å². The first-order chi connectivity index (χ1) is 12.3. The smallest absolute Gasteiger partial charge is 0.311 e. The largest absolute Gasteiger partial charge is 0.494 e. The first-order valence-electron chi connectivity index (χ1n) is 7.58. The van der Waals surface area contributed by atoms with Crippen LogP contribution in [0.5, 0.6) is 5.75 Å². The van der Waals surface area contributed by atoms with E-state index in [1.807, 2.05) is 0 Å². The summed E-state index contributed by atoms with van der Waals surface area (Å²) in [6.45, 7) is 1.32. The predicted molar refractivity (Wildman–Crippen MR) is 87.2 cm³/mol. The Hall–Kier alpha value is -3.03. The third-order valence-electron chi connectivity index (χ3n) is 3.43. The van der Waals surface area contributed by atoms with Crippen LogP contribution in [0.1, 0.15) is 12.5 Å². The zero-order valence-electron chi connectivity index (χ0n) is 14.0. The van der Waals surface area contributed by atoms with E-state index in [0.717, 1.165) is 18.2 Å². The Morgan fingerprint density at radius 3 is 2.38 bits per heavy atom. The fourth-order valence-corrected chi connectivity index (χ4v) is 2.10. The normalized spacial score (nSPS) is 11.6. The Balaban J connectivity index is 1.92. The second-order valence-electron chi connectivity index (χ2n) is 5.40. The molecule has 0 spiro atoms. The number of methoxy groups -OCH3 is 1. The van der Waals surface area contributed by atoms with E-state index >= 15 is 0 Å². The van der Waals surface area contributed by atoms with Crippen LogP contribution in [0.25, 0.3) is 0 Å². The number of carbonyl (C=O) groups excluding carboxylic acids is 2. The van der Waals surface area contributed by atoms with Gasteiger partial charge in [-0.3, -0.25) is 9.59 Å². The van der Waals surface area contributed by atoms with Crippen LogP contribution in [0.15, 0.2) is 36.4 Å². The molecule has 0 saturated carbocycles. The molecular formula is C18H16F3NO4. The number of rotatable bonds is 6. The Morgan fingerprint density at radius 2 is 1.77 bits per heavy atom. The maximum atomic E-state index is 13.6. The van der Waals surface area contributed by atoms with E-state index in [4.69, 9.17) is 9.47 Å². The van der Waals surface area contributed by atoms with Crippen molar-refractivity contribution >= 4 is 17.6 Å². The Labute approximate surface area is 147 Å². The standard InChI is InChI=1S/C18H16F3NO4/c1-10(18(24)22-12-4-5-13(19)14(20)9-12)26-17(23)8-11-3-6-16(25-2)15(21)7-11/h3-7,9-10H,8H2,1-2H3,(H,22,24)/t10-/m1/s1. The number of nitrogens with one attached hydrogen (secondary N) is 1.